The first-order chi connectivity index (χ1) is 15.2. The van der Waals surface area contributed by atoms with Gasteiger partial charge in [-0.3, -0.25) is 4.90 Å². The first-order valence-electron chi connectivity index (χ1n) is 10.8. The average molecular weight is 421 g/mol. The second kappa shape index (κ2) is 8.24. The summed E-state index contributed by atoms with van der Waals surface area (Å²) in [4.78, 5) is 10.2. The van der Waals surface area contributed by atoms with Gasteiger partial charge in [-0.2, -0.15) is 0 Å². The molecule has 1 unspecified atom stereocenters. The lowest BCUT2D eigenvalue weighted by Crippen LogP contribution is -2.39. The number of aromatic nitrogens is 3. The van der Waals surface area contributed by atoms with E-state index < -0.39 is 0 Å². The van der Waals surface area contributed by atoms with Crippen LogP contribution in [-0.4, -0.2) is 64.5 Å². The molecule has 2 N–H and O–H groups in total. The van der Waals surface area contributed by atoms with Gasteiger partial charge in [0.15, 0.2) is 11.5 Å². The molecule has 7 heteroatoms. The minimum Gasteiger partial charge on any atom is -0.493 e. The largest absolute Gasteiger partial charge is 0.493 e. The number of hydrogen-bond donors (Lipinski definition) is 2. The molecule has 1 saturated heterocycles. The van der Waals surface area contributed by atoms with Crippen LogP contribution in [-0.2, 0) is 6.54 Å². The van der Waals surface area contributed by atoms with Gasteiger partial charge in [0.1, 0.15) is 5.65 Å². The second-order valence-electron chi connectivity index (χ2n) is 8.18. The SMILES string of the molecule is COc1cc2c(-c3cc4cccnc4[nH]3)cn(CCN3CCCC(O)C3)c2cc1OC. The van der Waals surface area contributed by atoms with E-state index in [1.807, 2.05) is 18.2 Å². The number of likely N-dealkylation sites (tertiary alicyclic amines) is 1. The summed E-state index contributed by atoms with van der Waals surface area (Å²) >= 11 is 0. The van der Waals surface area contributed by atoms with Crippen LogP contribution in [0.5, 0.6) is 11.5 Å². The average Bonchev–Trinajstić information content (AvgIpc) is 3.37. The zero-order valence-corrected chi connectivity index (χ0v) is 18.0. The molecule has 7 nitrogen and oxygen atoms in total. The molecule has 31 heavy (non-hydrogen) atoms. The number of pyridine rings is 1. The van der Waals surface area contributed by atoms with Gasteiger partial charge in [-0.1, -0.05) is 0 Å². The van der Waals surface area contributed by atoms with Crippen LogP contribution < -0.4 is 9.47 Å². The van der Waals surface area contributed by atoms with Crippen molar-refractivity contribution in [2.24, 2.45) is 0 Å². The van der Waals surface area contributed by atoms with E-state index in [2.05, 4.69) is 37.8 Å². The number of ether oxygens (including phenoxy) is 2. The van der Waals surface area contributed by atoms with Gasteiger partial charge >= 0.3 is 0 Å². The molecule has 0 aliphatic carbocycles. The summed E-state index contributed by atoms with van der Waals surface area (Å²) in [7, 11) is 3.32. The Bertz CT molecular complexity index is 1180. The maximum Gasteiger partial charge on any atom is 0.162 e. The fourth-order valence-corrected chi connectivity index (χ4v) is 4.60. The Kier molecular flexibility index (Phi) is 5.29. The first-order valence-corrected chi connectivity index (χ1v) is 10.8. The molecule has 1 aromatic carbocycles. The highest BCUT2D eigenvalue weighted by atomic mass is 16.5. The molecule has 1 fully saturated rings. The van der Waals surface area contributed by atoms with Gasteiger partial charge in [0.25, 0.3) is 0 Å². The zero-order chi connectivity index (χ0) is 21.4. The highest BCUT2D eigenvalue weighted by Crippen LogP contribution is 2.38. The lowest BCUT2D eigenvalue weighted by molar-refractivity contribution is 0.0691. The number of benzene rings is 1. The van der Waals surface area contributed by atoms with Crippen molar-refractivity contribution in [3.8, 4) is 22.8 Å². The summed E-state index contributed by atoms with van der Waals surface area (Å²) < 4.78 is 13.4. The van der Waals surface area contributed by atoms with Crippen LogP contribution in [0.25, 0.3) is 33.2 Å². The molecule has 0 spiro atoms. The summed E-state index contributed by atoms with van der Waals surface area (Å²) in [6.45, 7) is 3.50. The maximum atomic E-state index is 10.0. The number of rotatable bonds is 6. The first kappa shape index (κ1) is 19.9. The molecule has 0 amide bonds. The van der Waals surface area contributed by atoms with E-state index in [4.69, 9.17) is 9.47 Å². The third-order valence-corrected chi connectivity index (χ3v) is 6.21. The Labute approximate surface area is 181 Å². The summed E-state index contributed by atoms with van der Waals surface area (Å²) in [6.07, 6.45) is 5.72. The van der Waals surface area contributed by atoms with Crippen molar-refractivity contribution in [3.63, 3.8) is 0 Å². The highest BCUT2D eigenvalue weighted by Gasteiger charge is 2.20. The molecule has 4 aromatic rings. The summed E-state index contributed by atoms with van der Waals surface area (Å²) in [5.74, 6) is 1.43. The fourth-order valence-electron chi connectivity index (χ4n) is 4.60. The van der Waals surface area contributed by atoms with Crippen molar-refractivity contribution >= 4 is 21.9 Å². The van der Waals surface area contributed by atoms with Crippen molar-refractivity contribution in [1.29, 1.82) is 0 Å². The van der Waals surface area contributed by atoms with Crippen LogP contribution in [0.1, 0.15) is 12.8 Å². The molecule has 1 aliphatic rings. The van der Waals surface area contributed by atoms with Gasteiger partial charge < -0.3 is 24.1 Å². The van der Waals surface area contributed by atoms with Crippen molar-refractivity contribution in [2.75, 3.05) is 33.9 Å². The predicted octanol–water partition coefficient (Wildman–Crippen LogP) is 3.66. The summed E-state index contributed by atoms with van der Waals surface area (Å²) in [5.41, 5.74) is 4.10. The van der Waals surface area contributed by atoms with Crippen molar-refractivity contribution in [3.05, 3.63) is 42.7 Å². The van der Waals surface area contributed by atoms with E-state index in [9.17, 15) is 5.11 Å². The van der Waals surface area contributed by atoms with E-state index >= 15 is 0 Å². The topological polar surface area (TPSA) is 75.5 Å². The van der Waals surface area contributed by atoms with Gasteiger partial charge in [0.05, 0.1) is 25.8 Å². The minimum atomic E-state index is -0.214. The molecule has 0 radical (unpaired) electrons. The van der Waals surface area contributed by atoms with Crippen LogP contribution in [0.3, 0.4) is 0 Å². The molecule has 1 aliphatic heterocycles. The molecular formula is C24H28N4O3. The van der Waals surface area contributed by atoms with Crippen LogP contribution in [0.2, 0.25) is 0 Å². The van der Waals surface area contributed by atoms with Gasteiger partial charge in [0, 0.05) is 60.1 Å². The lowest BCUT2D eigenvalue weighted by atomic mass is 10.1. The van der Waals surface area contributed by atoms with E-state index in [0.717, 1.165) is 72.2 Å². The predicted molar refractivity (Wildman–Crippen MR) is 122 cm³/mol. The van der Waals surface area contributed by atoms with Crippen molar-refractivity contribution < 1.29 is 14.6 Å². The molecule has 3 aromatic heterocycles. The number of aliphatic hydroxyl groups is 1. The lowest BCUT2D eigenvalue weighted by Gasteiger charge is -2.30. The monoisotopic (exact) mass is 420 g/mol. The number of nitrogens with zero attached hydrogens (tertiary/aromatic N) is 3. The Morgan fingerprint density at radius 2 is 2.00 bits per heavy atom. The maximum absolute atomic E-state index is 10.0. The minimum absolute atomic E-state index is 0.214. The summed E-state index contributed by atoms with van der Waals surface area (Å²) in [6, 6.07) is 10.2. The van der Waals surface area contributed by atoms with Gasteiger partial charge in [-0.15, -0.1) is 0 Å². The van der Waals surface area contributed by atoms with E-state index in [1.54, 1.807) is 20.4 Å². The van der Waals surface area contributed by atoms with E-state index in [1.165, 1.54) is 0 Å². The third-order valence-electron chi connectivity index (χ3n) is 6.21. The van der Waals surface area contributed by atoms with Crippen molar-refractivity contribution in [2.45, 2.75) is 25.5 Å². The molecule has 4 heterocycles. The van der Waals surface area contributed by atoms with Gasteiger partial charge in [0.2, 0.25) is 0 Å². The Morgan fingerprint density at radius 3 is 2.77 bits per heavy atom. The quantitative estimate of drug-likeness (QED) is 0.498. The Balaban J connectivity index is 1.57. The van der Waals surface area contributed by atoms with Gasteiger partial charge in [-0.25, -0.2) is 4.98 Å². The number of β-amino-alcohol motifs (C(OH)–C–C–N with tert-alkyl or cyclic N) is 1. The van der Waals surface area contributed by atoms with Crippen molar-refractivity contribution in [1.82, 2.24) is 19.4 Å². The molecule has 0 saturated carbocycles. The normalized spacial score (nSPS) is 17.5. The Hall–Kier alpha value is -3.03. The molecule has 0 bridgehead atoms. The Morgan fingerprint density at radius 1 is 1.16 bits per heavy atom. The van der Waals surface area contributed by atoms with Gasteiger partial charge in [-0.05, 0) is 43.7 Å². The van der Waals surface area contributed by atoms with Crippen LogP contribution >= 0.6 is 0 Å². The number of methoxy groups -OCH3 is 2. The molecule has 1 atom stereocenters. The standard InChI is InChI=1S/C24H28N4O3/c1-30-22-12-18-19(20-11-16-5-3-7-25-24(16)26-20)15-28(21(18)13-23(22)31-2)10-9-27-8-4-6-17(29)14-27/h3,5,7,11-13,15,17,29H,4,6,8-10,14H2,1-2H3,(H,25,26). The zero-order valence-electron chi connectivity index (χ0n) is 18.0. The summed E-state index contributed by atoms with van der Waals surface area (Å²) in [5, 5.41) is 12.2. The van der Waals surface area contributed by atoms with Crippen LogP contribution in [0.4, 0.5) is 0 Å². The number of aliphatic hydroxyl groups excluding tert-OH is 1. The highest BCUT2D eigenvalue weighted by molar-refractivity contribution is 5.99. The molecule has 5 rings (SSSR count). The van der Waals surface area contributed by atoms with E-state index in [0.29, 0.717) is 11.5 Å². The molecule has 162 valence electrons. The number of nitrogens with one attached hydrogen (secondary N) is 1. The van der Waals surface area contributed by atoms with E-state index in [-0.39, 0.29) is 6.10 Å². The number of H-pyrrole nitrogens is 1. The fraction of sp³-hybridized carbons (Fsp3) is 0.375. The second-order valence-corrected chi connectivity index (χ2v) is 8.18. The van der Waals surface area contributed by atoms with Crippen LogP contribution in [0, 0.1) is 0 Å². The smallest absolute Gasteiger partial charge is 0.162 e. The number of piperidine rings is 1. The number of fused-ring (bicyclic) bond motifs is 2. The van der Waals surface area contributed by atoms with Crippen LogP contribution in [0.15, 0.2) is 42.7 Å². The number of aromatic amines is 1. The molecular weight excluding hydrogens is 392 g/mol. The third kappa shape index (κ3) is 3.75. The number of hydrogen-bond acceptors (Lipinski definition) is 5.